The number of nitrogens with one attached hydrogen (secondary N) is 1. The minimum Gasteiger partial charge on any atom is -0.494 e. The summed E-state index contributed by atoms with van der Waals surface area (Å²) in [5.74, 6) is 1.88. The fourth-order valence-electron chi connectivity index (χ4n) is 1.87. The number of rotatable bonds is 9. The van der Waals surface area contributed by atoms with Gasteiger partial charge in [0.1, 0.15) is 5.75 Å². The van der Waals surface area contributed by atoms with Gasteiger partial charge in [0.25, 0.3) is 0 Å². The predicted molar refractivity (Wildman–Crippen MR) is 83.7 cm³/mol. The molecule has 1 N–H and O–H groups in total. The molecule has 0 spiro atoms. The molecular formula is C15H25NO3S. The van der Waals surface area contributed by atoms with Gasteiger partial charge >= 0.3 is 0 Å². The van der Waals surface area contributed by atoms with Crippen molar-refractivity contribution < 1.29 is 13.7 Å². The first-order valence-corrected chi connectivity index (χ1v) is 8.38. The van der Waals surface area contributed by atoms with E-state index in [1.165, 1.54) is 5.56 Å². The van der Waals surface area contributed by atoms with Crippen molar-refractivity contribution in [1.29, 1.82) is 0 Å². The van der Waals surface area contributed by atoms with Gasteiger partial charge < -0.3 is 14.8 Å². The molecule has 0 aliphatic heterocycles. The van der Waals surface area contributed by atoms with Crippen molar-refractivity contribution in [3.63, 3.8) is 0 Å². The van der Waals surface area contributed by atoms with Crippen LogP contribution in [0, 0.1) is 0 Å². The maximum atomic E-state index is 12.0. The monoisotopic (exact) mass is 299 g/mol. The van der Waals surface area contributed by atoms with Crippen LogP contribution in [0.4, 0.5) is 0 Å². The minimum atomic E-state index is -0.934. The van der Waals surface area contributed by atoms with Crippen molar-refractivity contribution in [3.05, 3.63) is 29.3 Å². The lowest BCUT2D eigenvalue weighted by atomic mass is 10.1. The van der Waals surface area contributed by atoms with Gasteiger partial charge in [0.05, 0.1) is 19.0 Å². The van der Waals surface area contributed by atoms with Crippen LogP contribution in [0.5, 0.6) is 5.75 Å². The average Bonchev–Trinajstić information content (AvgIpc) is 2.46. The Morgan fingerprint density at radius 1 is 1.40 bits per heavy atom. The molecule has 1 rings (SSSR count). The lowest BCUT2D eigenvalue weighted by Gasteiger charge is -2.15. The zero-order valence-electron chi connectivity index (χ0n) is 12.8. The summed E-state index contributed by atoms with van der Waals surface area (Å²) >= 11 is 0. The standard InChI is InChI=1S/C15H25NO3S/c1-5-19-15-7-6-13(12(2)16-3)10-14(15)11-20(17)9-8-18-4/h6-7,10,12,16H,5,8-9,11H2,1-4H3. The van der Waals surface area contributed by atoms with Gasteiger partial charge in [-0.15, -0.1) is 0 Å². The van der Waals surface area contributed by atoms with Gasteiger partial charge in [-0.25, -0.2) is 0 Å². The topological polar surface area (TPSA) is 47.6 Å². The Morgan fingerprint density at radius 2 is 2.15 bits per heavy atom. The first-order chi connectivity index (χ1) is 9.62. The van der Waals surface area contributed by atoms with Crippen LogP contribution in [0.3, 0.4) is 0 Å². The van der Waals surface area contributed by atoms with Crippen molar-refractivity contribution in [3.8, 4) is 5.75 Å². The Morgan fingerprint density at radius 3 is 2.75 bits per heavy atom. The van der Waals surface area contributed by atoms with Crippen LogP contribution < -0.4 is 10.1 Å². The Bertz CT molecular complexity index is 437. The molecule has 2 unspecified atom stereocenters. The van der Waals surface area contributed by atoms with Crippen LogP contribution in [0.25, 0.3) is 0 Å². The fourth-order valence-corrected chi connectivity index (χ4v) is 2.94. The zero-order chi connectivity index (χ0) is 15.0. The Hall–Kier alpha value is -0.910. The fraction of sp³-hybridized carbons (Fsp3) is 0.600. The van der Waals surface area contributed by atoms with Crippen molar-refractivity contribution >= 4 is 10.8 Å². The molecule has 20 heavy (non-hydrogen) atoms. The molecule has 0 heterocycles. The number of hydrogen-bond donors (Lipinski definition) is 1. The second-order valence-corrected chi connectivity index (χ2v) is 6.17. The zero-order valence-corrected chi connectivity index (χ0v) is 13.6. The molecule has 0 aliphatic carbocycles. The SMILES string of the molecule is CCOc1ccc(C(C)NC)cc1CS(=O)CCOC. The van der Waals surface area contributed by atoms with Crippen LogP contribution in [0.1, 0.15) is 31.0 Å². The number of ether oxygens (including phenoxy) is 2. The predicted octanol–water partition coefficient (Wildman–Crippen LogP) is 2.26. The van der Waals surface area contributed by atoms with Gasteiger partial charge in [0.2, 0.25) is 0 Å². The highest BCUT2D eigenvalue weighted by Gasteiger charge is 2.11. The molecule has 0 aromatic heterocycles. The number of hydrogen-bond acceptors (Lipinski definition) is 4. The van der Waals surface area contributed by atoms with E-state index in [9.17, 15) is 4.21 Å². The Kier molecular flexibility index (Phi) is 7.80. The van der Waals surface area contributed by atoms with Gasteiger partial charge in [-0.2, -0.15) is 0 Å². The first kappa shape index (κ1) is 17.1. The lowest BCUT2D eigenvalue weighted by Crippen LogP contribution is -2.13. The van der Waals surface area contributed by atoms with Gasteiger partial charge in [-0.05, 0) is 38.6 Å². The molecule has 0 fully saturated rings. The van der Waals surface area contributed by atoms with Gasteiger partial charge in [0, 0.05) is 35.3 Å². The van der Waals surface area contributed by atoms with E-state index < -0.39 is 10.8 Å². The van der Waals surface area contributed by atoms with Crippen LogP contribution in [0.15, 0.2) is 18.2 Å². The average molecular weight is 299 g/mol. The molecule has 0 saturated heterocycles. The van der Waals surface area contributed by atoms with E-state index in [1.807, 2.05) is 26.1 Å². The highest BCUT2D eigenvalue weighted by molar-refractivity contribution is 7.84. The molecule has 0 amide bonds. The summed E-state index contributed by atoms with van der Waals surface area (Å²) in [5.41, 5.74) is 2.18. The summed E-state index contributed by atoms with van der Waals surface area (Å²) in [7, 11) is 2.62. The molecule has 4 nitrogen and oxygen atoms in total. The molecule has 0 saturated carbocycles. The molecule has 0 aliphatic rings. The van der Waals surface area contributed by atoms with Crippen molar-refractivity contribution in [2.24, 2.45) is 0 Å². The first-order valence-electron chi connectivity index (χ1n) is 6.89. The van der Waals surface area contributed by atoms with E-state index in [0.717, 1.165) is 11.3 Å². The number of benzene rings is 1. The molecule has 0 radical (unpaired) electrons. The maximum absolute atomic E-state index is 12.0. The molecule has 5 heteroatoms. The third-order valence-corrected chi connectivity index (χ3v) is 4.40. The number of methoxy groups -OCH3 is 1. The van der Waals surface area contributed by atoms with Crippen molar-refractivity contribution in [1.82, 2.24) is 5.32 Å². The van der Waals surface area contributed by atoms with E-state index in [1.54, 1.807) is 7.11 Å². The van der Waals surface area contributed by atoms with E-state index in [-0.39, 0.29) is 6.04 Å². The highest BCUT2D eigenvalue weighted by Crippen LogP contribution is 2.25. The molecule has 0 bridgehead atoms. The minimum absolute atomic E-state index is 0.261. The maximum Gasteiger partial charge on any atom is 0.123 e. The molecule has 114 valence electrons. The van der Waals surface area contributed by atoms with Crippen LogP contribution in [-0.4, -0.2) is 37.3 Å². The summed E-state index contributed by atoms with van der Waals surface area (Å²) in [4.78, 5) is 0. The smallest absolute Gasteiger partial charge is 0.123 e. The molecule has 1 aromatic carbocycles. The summed E-state index contributed by atoms with van der Waals surface area (Å²) in [6.07, 6.45) is 0. The van der Waals surface area contributed by atoms with Crippen LogP contribution in [-0.2, 0) is 21.3 Å². The van der Waals surface area contributed by atoms with Gasteiger partial charge in [-0.3, -0.25) is 4.21 Å². The second kappa shape index (κ2) is 9.10. The van der Waals surface area contributed by atoms with Crippen LogP contribution >= 0.6 is 0 Å². The third kappa shape index (κ3) is 5.23. The Labute approximate surface area is 124 Å². The van der Waals surface area contributed by atoms with Gasteiger partial charge in [-0.1, -0.05) is 6.07 Å². The molecule has 1 aromatic rings. The van der Waals surface area contributed by atoms with Crippen molar-refractivity contribution in [2.75, 3.05) is 33.1 Å². The Balaban J connectivity index is 2.90. The van der Waals surface area contributed by atoms with E-state index in [2.05, 4.69) is 18.3 Å². The van der Waals surface area contributed by atoms with Gasteiger partial charge in [0.15, 0.2) is 0 Å². The summed E-state index contributed by atoms with van der Waals surface area (Å²) in [6.45, 7) is 5.18. The summed E-state index contributed by atoms with van der Waals surface area (Å²) in [6, 6.07) is 6.36. The normalized spacial score (nSPS) is 14.0. The third-order valence-electron chi connectivity index (χ3n) is 3.15. The molecule has 2 atom stereocenters. The van der Waals surface area contributed by atoms with E-state index in [0.29, 0.717) is 24.7 Å². The second-order valence-electron chi connectivity index (χ2n) is 4.59. The van der Waals surface area contributed by atoms with Crippen molar-refractivity contribution in [2.45, 2.75) is 25.6 Å². The largest absolute Gasteiger partial charge is 0.494 e. The summed E-state index contributed by atoms with van der Waals surface area (Å²) in [5, 5.41) is 3.21. The van der Waals surface area contributed by atoms with Crippen LogP contribution in [0.2, 0.25) is 0 Å². The lowest BCUT2D eigenvalue weighted by molar-refractivity contribution is 0.218. The summed E-state index contributed by atoms with van der Waals surface area (Å²) < 4.78 is 22.6. The molecular weight excluding hydrogens is 274 g/mol. The quantitative estimate of drug-likeness (QED) is 0.760. The van der Waals surface area contributed by atoms with E-state index in [4.69, 9.17) is 9.47 Å². The highest BCUT2D eigenvalue weighted by atomic mass is 32.2. The van der Waals surface area contributed by atoms with E-state index >= 15 is 0 Å².